The minimum atomic E-state index is -0.0444. The predicted octanol–water partition coefficient (Wildman–Crippen LogP) is 2.60. The summed E-state index contributed by atoms with van der Waals surface area (Å²) < 4.78 is 5.38. The summed E-state index contributed by atoms with van der Waals surface area (Å²) >= 11 is 0. The topological polar surface area (TPSA) is 67.4 Å². The van der Waals surface area contributed by atoms with E-state index in [1.54, 1.807) is 0 Å². The first-order valence-corrected chi connectivity index (χ1v) is 9.55. The lowest BCUT2D eigenvalue weighted by Crippen LogP contribution is -2.43. The highest BCUT2D eigenvalue weighted by molar-refractivity contribution is 5.94. The maximum atomic E-state index is 12.4. The smallest absolute Gasteiger partial charge is 0.251 e. The number of aryl methyl sites for hydroxylation is 2. The number of nitrogens with one attached hydrogen (secondary N) is 1. The Labute approximate surface area is 161 Å². The van der Waals surface area contributed by atoms with Crippen LogP contribution in [0.4, 0.5) is 0 Å². The van der Waals surface area contributed by atoms with Crippen LogP contribution in [0.15, 0.2) is 30.3 Å². The first-order valence-electron chi connectivity index (χ1n) is 9.55. The van der Waals surface area contributed by atoms with Gasteiger partial charge in [-0.2, -0.15) is 0 Å². The Morgan fingerprint density at radius 3 is 2.41 bits per heavy atom. The number of hydrogen-bond acceptors (Lipinski definition) is 5. The van der Waals surface area contributed by atoms with E-state index in [1.807, 2.05) is 44.2 Å². The Hall–Kier alpha value is -2.31. The Kier molecular flexibility index (Phi) is 6.53. The SMILES string of the molecule is Cc1cc(C)nc(-c2ccc(C(=O)NCCC(C)N3CCOCC3)cc2)n1. The van der Waals surface area contributed by atoms with Crippen molar-refractivity contribution in [1.29, 1.82) is 0 Å². The second-order valence-corrected chi connectivity index (χ2v) is 7.09. The van der Waals surface area contributed by atoms with Gasteiger partial charge in [0, 0.05) is 48.2 Å². The molecule has 0 bridgehead atoms. The lowest BCUT2D eigenvalue weighted by molar-refractivity contribution is 0.0187. The average molecular weight is 368 g/mol. The summed E-state index contributed by atoms with van der Waals surface area (Å²) in [4.78, 5) is 23.7. The highest BCUT2D eigenvalue weighted by Crippen LogP contribution is 2.17. The van der Waals surface area contributed by atoms with Crippen molar-refractivity contribution >= 4 is 5.91 Å². The largest absolute Gasteiger partial charge is 0.379 e. The zero-order valence-electron chi connectivity index (χ0n) is 16.4. The third-order valence-corrected chi connectivity index (χ3v) is 4.90. The molecule has 1 fully saturated rings. The minimum Gasteiger partial charge on any atom is -0.379 e. The van der Waals surface area contributed by atoms with Gasteiger partial charge in [0.1, 0.15) is 0 Å². The molecule has 1 aromatic carbocycles. The summed E-state index contributed by atoms with van der Waals surface area (Å²) in [5.41, 5.74) is 3.45. The number of amides is 1. The van der Waals surface area contributed by atoms with Crippen molar-refractivity contribution < 1.29 is 9.53 Å². The van der Waals surface area contributed by atoms with Gasteiger partial charge in [-0.25, -0.2) is 9.97 Å². The number of morpholine rings is 1. The first kappa shape index (κ1) is 19.5. The van der Waals surface area contributed by atoms with E-state index in [9.17, 15) is 4.79 Å². The Morgan fingerprint density at radius 2 is 1.78 bits per heavy atom. The maximum Gasteiger partial charge on any atom is 0.251 e. The molecule has 1 aliphatic heterocycles. The van der Waals surface area contributed by atoms with E-state index >= 15 is 0 Å². The fourth-order valence-corrected chi connectivity index (χ4v) is 3.32. The molecule has 1 amide bonds. The zero-order valence-corrected chi connectivity index (χ0v) is 16.4. The zero-order chi connectivity index (χ0) is 19.2. The van der Waals surface area contributed by atoms with Crippen molar-refractivity contribution in [3.8, 4) is 11.4 Å². The third kappa shape index (κ3) is 5.34. The van der Waals surface area contributed by atoms with Crippen LogP contribution in [0.25, 0.3) is 11.4 Å². The second-order valence-electron chi connectivity index (χ2n) is 7.09. The molecule has 6 nitrogen and oxygen atoms in total. The van der Waals surface area contributed by atoms with Gasteiger partial charge in [0.2, 0.25) is 0 Å². The van der Waals surface area contributed by atoms with Gasteiger partial charge >= 0.3 is 0 Å². The number of nitrogens with zero attached hydrogens (tertiary/aromatic N) is 3. The molecule has 3 rings (SSSR count). The van der Waals surface area contributed by atoms with Crippen molar-refractivity contribution in [2.24, 2.45) is 0 Å². The third-order valence-electron chi connectivity index (χ3n) is 4.90. The van der Waals surface area contributed by atoms with E-state index in [2.05, 4.69) is 27.1 Å². The molecule has 1 aliphatic rings. The van der Waals surface area contributed by atoms with Crippen LogP contribution in [0, 0.1) is 13.8 Å². The normalized spacial score (nSPS) is 16.1. The van der Waals surface area contributed by atoms with Gasteiger partial charge in [-0.3, -0.25) is 9.69 Å². The van der Waals surface area contributed by atoms with Crippen LogP contribution in [0.2, 0.25) is 0 Å². The molecule has 6 heteroatoms. The number of carbonyl (C=O) groups excluding carboxylic acids is 1. The summed E-state index contributed by atoms with van der Waals surface area (Å²) in [7, 11) is 0. The van der Waals surface area contributed by atoms with Crippen LogP contribution in [-0.4, -0.2) is 59.7 Å². The molecule has 0 radical (unpaired) electrons. The van der Waals surface area contributed by atoms with Gasteiger partial charge in [0.05, 0.1) is 13.2 Å². The van der Waals surface area contributed by atoms with Crippen LogP contribution in [-0.2, 0) is 4.74 Å². The molecule has 1 N–H and O–H groups in total. The molecule has 0 spiro atoms. The molecule has 1 unspecified atom stereocenters. The molecular formula is C21H28N4O2. The summed E-state index contributed by atoms with van der Waals surface area (Å²) in [6.45, 7) is 10.3. The van der Waals surface area contributed by atoms with Crippen LogP contribution in [0.1, 0.15) is 35.1 Å². The lowest BCUT2D eigenvalue weighted by Gasteiger charge is -2.32. The van der Waals surface area contributed by atoms with Gasteiger partial charge in [-0.1, -0.05) is 12.1 Å². The predicted molar refractivity (Wildman–Crippen MR) is 106 cm³/mol. The van der Waals surface area contributed by atoms with Crippen LogP contribution < -0.4 is 5.32 Å². The van der Waals surface area contributed by atoms with Crippen LogP contribution in [0.3, 0.4) is 0 Å². The fourth-order valence-electron chi connectivity index (χ4n) is 3.32. The highest BCUT2D eigenvalue weighted by atomic mass is 16.5. The first-order chi connectivity index (χ1) is 13.0. The summed E-state index contributed by atoms with van der Waals surface area (Å²) in [6, 6.07) is 9.86. The van der Waals surface area contributed by atoms with Crippen molar-refractivity contribution in [2.75, 3.05) is 32.8 Å². The van der Waals surface area contributed by atoms with E-state index in [0.717, 1.165) is 49.7 Å². The number of ether oxygens (including phenoxy) is 1. The standard InChI is InChI=1S/C21H28N4O2/c1-15-14-16(2)24-20(23-15)18-4-6-19(7-5-18)21(26)22-9-8-17(3)25-10-12-27-13-11-25/h4-7,14,17H,8-13H2,1-3H3,(H,22,26). The van der Waals surface area contributed by atoms with E-state index in [0.29, 0.717) is 24.0 Å². The second kappa shape index (κ2) is 9.06. The van der Waals surface area contributed by atoms with Gasteiger partial charge in [0.25, 0.3) is 5.91 Å². The number of benzene rings is 1. The molecule has 144 valence electrons. The highest BCUT2D eigenvalue weighted by Gasteiger charge is 2.17. The molecule has 1 aromatic heterocycles. The molecule has 1 atom stereocenters. The van der Waals surface area contributed by atoms with E-state index in [4.69, 9.17) is 4.74 Å². The quantitative estimate of drug-likeness (QED) is 0.849. The minimum absolute atomic E-state index is 0.0444. The Morgan fingerprint density at radius 1 is 1.15 bits per heavy atom. The molecule has 2 heterocycles. The van der Waals surface area contributed by atoms with Gasteiger partial charge < -0.3 is 10.1 Å². The van der Waals surface area contributed by atoms with E-state index in [-0.39, 0.29) is 5.91 Å². The molecule has 0 saturated carbocycles. The monoisotopic (exact) mass is 368 g/mol. The molecule has 0 aliphatic carbocycles. The molecule has 27 heavy (non-hydrogen) atoms. The van der Waals surface area contributed by atoms with Crippen LogP contribution in [0.5, 0.6) is 0 Å². The molecule has 1 saturated heterocycles. The lowest BCUT2D eigenvalue weighted by atomic mass is 10.1. The number of aromatic nitrogens is 2. The van der Waals surface area contributed by atoms with Crippen molar-refractivity contribution in [1.82, 2.24) is 20.2 Å². The summed E-state index contributed by atoms with van der Waals surface area (Å²) in [5.74, 6) is 0.649. The average Bonchev–Trinajstić information content (AvgIpc) is 2.68. The van der Waals surface area contributed by atoms with Gasteiger partial charge in [-0.15, -0.1) is 0 Å². The van der Waals surface area contributed by atoms with E-state index < -0.39 is 0 Å². The van der Waals surface area contributed by atoms with Crippen LogP contribution >= 0.6 is 0 Å². The summed E-state index contributed by atoms with van der Waals surface area (Å²) in [6.07, 6.45) is 0.931. The van der Waals surface area contributed by atoms with Gasteiger partial charge in [0.15, 0.2) is 5.82 Å². The molecule has 2 aromatic rings. The van der Waals surface area contributed by atoms with Crippen molar-refractivity contribution in [3.05, 3.63) is 47.3 Å². The fraction of sp³-hybridized carbons (Fsp3) is 0.476. The maximum absolute atomic E-state index is 12.4. The number of carbonyl (C=O) groups is 1. The van der Waals surface area contributed by atoms with Crippen molar-refractivity contribution in [2.45, 2.75) is 33.2 Å². The Bertz CT molecular complexity index is 750. The number of rotatable bonds is 6. The summed E-state index contributed by atoms with van der Waals surface area (Å²) in [5, 5.41) is 3.02. The number of hydrogen-bond donors (Lipinski definition) is 1. The Balaban J connectivity index is 1.53. The molecular weight excluding hydrogens is 340 g/mol. The van der Waals surface area contributed by atoms with E-state index in [1.165, 1.54) is 0 Å². The van der Waals surface area contributed by atoms with Gasteiger partial charge in [-0.05, 0) is 45.4 Å². The van der Waals surface area contributed by atoms with Crippen molar-refractivity contribution in [3.63, 3.8) is 0 Å².